The Kier molecular flexibility index (Phi) is 4.04. The molecule has 2 aromatic carbocycles. The molecule has 2 atom stereocenters. The average molecular weight is 304 g/mol. The standard InChI is InChI=1S/C17H18ClNO2/c1-19-15-10-17(11-3-5-12(18)6-4-11)21-16-8-7-13(20-2)9-14(15)16/h3-9,15,17,19H,10H2,1-2H3. The van der Waals surface area contributed by atoms with E-state index < -0.39 is 0 Å². The first-order chi connectivity index (χ1) is 10.2. The van der Waals surface area contributed by atoms with Crippen molar-refractivity contribution in [1.29, 1.82) is 0 Å². The van der Waals surface area contributed by atoms with Crippen molar-refractivity contribution in [2.75, 3.05) is 14.2 Å². The normalized spacial score (nSPS) is 20.5. The first-order valence-corrected chi connectivity index (χ1v) is 7.36. The molecule has 0 spiro atoms. The first-order valence-electron chi connectivity index (χ1n) is 6.98. The molecule has 0 amide bonds. The quantitative estimate of drug-likeness (QED) is 0.924. The lowest BCUT2D eigenvalue weighted by atomic mass is 9.93. The molecule has 0 fully saturated rings. The summed E-state index contributed by atoms with van der Waals surface area (Å²) < 4.78 is 11.5. The summed E-state index contributed by atoms with van der Waals surface area (Å²) in [6, 6.07) is 14.0. The SMILES string of the molecule is CNC1CC(c2ccc(Cl)cc2)Oc2ccc(OC)cc21. The van der Waals surface area contributed by atoms with Crippen LogP contribution >= 0.6 is 11.6 Å². The van der Waals surface area contributed by atoms with Gasteiger partial charge in [-0.05, 0) is 42.9 Å². The number of benzene rings is 2. The molecule has 0 aromatic heterocycles. The van der Waals surface area contributed by atoms with E-state index in [2.05, 4.69) is 5.32 Å². The van der Waals surface area contributed by atoms with Gasteiger partial charge in [0.05, 0.1) is 7.11 Å². The lowest BCUT2D eigenvalue weighted by Crippen LogP contribution is -2.26. The van der Waals surface area contributed by atoms with E-state index in [1.54, 1.807) is 7.11 Å². The van der Waals surface area contributed by atoms with Gasteiger partial charge in [0.2, 0.25) is 0 Å². The van der Waals surface area contributed by atoms with Crippen molar-refractivity contribution in [1.82, 2.24) is 5.32 Å². The Morgan fingerprint density at radius 3 is 2.62 bits per heavy atom. The van der Waals surface area contributed by atoms with Gasteiger partial charge in [0, 0.05) is 23.0 Å². The Morgan fingerprint density at radius 1 is 1.19 bits per heavy atom. The van der Waals surface area contributed by atoms with Crippen molar-refractivity contribution >= 4 is 11.6 Å². The smallest absolute Gasteiger partial charge is 0.126 e. The van der Waals surface area contributed by atoms with Gasteiger partial charge in [-0.15, -0.1) is 0 Å². The molecule has 0 radical (unpaired) electrons. The van der Waals surface area contributed by atoms with E-state index in [9.17, 15) is 0 Å². The summed E-state index contributed by atoms with van der Waals surface area (Å²) >= 11 is 5.95. The highest BCUT2D eigenvalue weighted by atomic mass is 35.5. The molecule has 3 rings (SSSR count). The summed E-state index contributed by atoms with van der Waals surface area (Å²) in [5, 5.41) is 4.10. The minimum absolute atomic E-state index is 0.0283. The molecule has 2 aromatic rings. The van der Waals surface area contributed by atoms with Crippen LogP contribution in [-0.4, -0.2) is 14.2 Å². The summed E-state index contributed by atoms with van der Waals surface area (Å²) in [6.45, 7) is 0. The van der Waals surface area contributed by atoms with Crippen molar-refractivity contribution < 1.29 is 9.47 Å². The number of hydrogen-bond acceptors (Lipinski definition) is 3. The Morgan fingerprint density at radius 2 is 1.95 bits per heavy atom. The van der Waals surface area contributed by atoms with E-state index in [-0.39, 0.29) is 12.1 Å². The van der Waals surface area contributed by atoms with Crippen LogP contribution in [0.1, 0.15) is 29.7 Å². The zero-order valence-electron chi connectivity index (χ0n) is 12.1. The Bertz CT molecular complexity index is 627. The van der Waals surface area contributed by atoms with Gasteiger partial charge in [-0.2, -0.15) is 0 Å². The maximum Gasteiger partial charge on any atom is 0.126 e. The monoisotopic (exact) mass is 303 g/mol. The van der Waals surface area contributed by atoms with Gasteiger partial charge in [-0.1, -0.05) is 23.7 Å². The lowest BCUT2D eigenvalue weighted by Gasteiger charge is -2.32. The van der Waals surface area contributed by atoms with E-state index in [1.165, 1.54) is 0 Å². The molecule has 1 aliphatic rings. The zero-order chi connectivity index (χ0) is 14.8. The minimum atomic E-state index is 0.0283. The van der Waals surface area contributed by atoms with Crippen LogP contribution in [-0.2, 0) is 0 Å². The highest BCUT2D eigenvalue weighted by molar-refractivity contribution is 6.30. The van der Waals surface area contributed by atoms with Crippen molar-refractivity contribution in [3.63, 3.8) is 0 Å². The number of fused-ring (bicyclic) bond motifs is 1. The Hall–Kier alpha value is -1.71. The molecular weight excluding hydrogens is 286 g/mol. The molecule has 21 heavy (non-hydrogen) atoms. The van der Waals surface area contributed by atoms with Crippen LogP contribution < -0.4 is 14.8 Å². The Balaban J connectivity index is 1.93. The molecule has 0 aliphatic carbocycles. The summed E-state index contributed by atoms with van der Waals surface area (Å²) in [6.07, 6.45) is 0.902. The van der Waals surface area contributed by atoms with Crippen molar-refractivity contribution in [2.45, 2.75) is 18.6 Å². The predicted octanol–water partition coefficient (Wildman–Crippen LogP) is 4.13. The minimum Gasteiger partial charge on any atom is -0.497 e. The molecule has 110 valence electrons. The van der Waals surface area contributed by atoms with Crippen molar-refractivity contribution in [2.24, 2.45) is 0 Å². The van der Waals surface area contributed by atoms with E-state index in [0.29, 0.717) is 0 Å². The second-order valence-electron chi connectivity index (χ2n) is 5.14. The molecule has 2 unspecified atom stereocenters. The van der Waals surface area contributed by atoms with Crippen LogP contribution in [0.2, 0.25) is 5.02 Å². The lowest BCUT2D eigenvalue weighted by molar-refractivity contribution is 0.153. The van der Waals surface area contributed by atoms with Crippen LogP contribution in [0.25, 0.3) is 0 Å². The summed E-state index contributed by atoms with van der Waals surface area (Å²) in [5.41, 5.74) is 2.28. The van der Waals surface area contributed by atoms with Crippen LogP contribution in [0, 0.1) is 0 Å². The zero-order valence-corrected chi connectivity index (χ0v) is 12.9. The summed E-state index contributed by atoms with van der Waals surface area (Å²) in [5.74, 6) is 1.75. The van der Waals surface area contributed by atoms with Gasteiger partial charge >= 0.3 is 0 Å². The van der Waals surface area contributed by atoms with Crippen LogP contribution in [0.15, 0.2) is 42.5 Å². The third-order valence-electron chi connectivity index (χ3n) is 3.90. The third-order valence-corrected chi connectivity index (χ3v) is 4.15. The molecular formula is C17H18ClNO2. The molecule has 3 nitrogen and oxygen atoms in total. The van der Waals surface area contributed by atoms with Gasteiger partial charge in [0.25, 0.3) is 0 Å². The summed E-state index contributed by atoms with van der Waals surface area (Å²) in [4.78, 5) is 0. The van der Waals surface area contributed by atoms with E-state index in [0.717, 1.165) is 34.1 Å². The first kappa shape index (κ1) is 14.2. The van der Waals surface area contributed by atoms with Gasteiger partial charge in [-0.3, -0.25) is 0 Å². The van der Waals surface area contributed by atoms with E-state index >= 15 is 0 Å². The number of hydrogen-bond donors (Lipinski definition) is 1. The average Bonchev–Trinajstić information content (AvgIpc) is 2.54. The molecule has 1 N–H and O–H groups in total. The molecule has 0 saturated carbocycles. The van der Waals surface area contributed by atoms with Crippen LogP contribution in [0.5, 0.6) is 11.5 Å². The topological polar surface area (TPSA) is 30.5 Å². The van der Waals surface area contributed by atoms with Crippen molar-refractivity contribution in [3.05, 3.63) is 58.6 Å². The maximum absolute atomic E-state index is 6.15. The fraction of sp³-hybridized carbons (Fsp3) is 0.294. The van der Waals surface area contributed by atoms with Crippen LogP contribution in [0.3, 0.4) is 0 Å². The second kappa shape index (κ2) is 5.96. The highest BCUT2D eigenvalue weighted by Gasteiger charge is 2.28. The molecule has 1 aliphatic heterocycles. The molecule has 0 bridgehead atoms. The highest BCUT2D eigenvalue weighted by Crippen LogP contribution is 2.42. The maximum atomic E-state index is 6.15. The molecule has 0 saturated heterocycles. The number of rotatable bonds is 3. The van der Waals surface area contributed by atoms with Gasteiger partial charge in [0.1, 0.15) is 17.6 Å². The van der Waals surface area contributed by atoms with E-state index in [4.69, 9.17) is 21.1 Å². The summed E-state index contributed by atoms with van der Waals surface area (Å²) in [7, 11) is 3.65. The predicted molar refractivity (Wildman–Crippen MR) is 84.2 cm³/mol. The number of ether oxygens (including phenoxy) is 2. The van der Waals surface area contributed by atoms with Gasteiger partial charge in [-0.25, -0.2) is 0 Å². The van der Waals surface area contributed by atoms with Crippen LogP contribution in [0.4, 0.5) is 0 Å². The fourth-order valence-electron chi connectivity index (χ4n) is 2.73. The number of nitrogens with one attached hydrogen (secondary N) is 1. The Labute approximate surface area is 129 Å². The number of methoxy groups -OCH3 is 1. The molecule has 4 heteroatoms. The van der Waals surface area contributed by atoms with Crippen molar-refractivity contribution in [3.8, 4) is 11.5 Å². The van der Waals surface area contributed by atoms with Gasteiger partial charge in [0.15, 0.2) is 0 Å². The van der Waals surface area contributed by atoms with E-state index in [1.807, 2.05) is 49.5 Å². The second-order valence-corrected chi connectivity index (χ2v) is 5.58. The molecule has 1 heterocycles. The fourth-order valence-corrected chi connectivity index (χ4v) is 2.86. The largest absolute Gasteiger partial charge is 0.497 e. The number of halogens is 1. The van der Waals surface area contributed by atoms with Gasteiger partial charge < -0.3 is 14.8 Å². The third kappa shape index (κ3) is 2.85.